The maximum absolute atomic E-state index is 4.04. The van der Waals surface area contributed by atoms with E-state index in [1.165, 1.54) is 22.0 Å². The van der Waals surface area contributed by atoms with Gasteiger partial charge in [0.15, 0.2) is 0 Å². The Hall–Kier alpha value is -2.09. The molecular weight excluding hydrogens is 196 g/mol. The fourth-order valence-electron chi connectivity index (χ4n) is 1.99. The molecule has 0 aliphatic carbocycles. The van der Waals surface area contributed by atoms with Crippen LogP contribution in [0.15, 0.2) is 55.0 Å². The molecule has 0 aliphatic heterocycles. The van der Waals surface area contributed by atoms with Crippen LogP contribution in [0.5, 0.6) is 0 Å². The molecule has 2 heteroatoms. The number of nitrogens with zero attached hydrogens (tertiary/aromatic N) is 2. The molecule has 0 spiro atoms. The van der Waals surface area contributed by atoms with E-state index in [-0.39, 0.29) is 0 Å². The van der Waals surface area contributed by atoms with Crippen molar-refractivity contribution in [2.75, 3.05) is 0 Å². The van der Waals surface area contributed by atoms with Gasteiger partial charge in [-0.05, 0) is 40.8 Å². The van der Waals surface area contributed by atoms with Gasteiger partial charge in [0, 0.05) is 31.2 Å². The third kappa shape index (κ3) is 1.39. The Morgan fingerprint density at radius 2 is 1.75 bits per heavy atom. The molecule has 0 aliphatic rings. The van der Waals surface area contributed by atoms with Crippen molar-refractivity contribution >= 4 is 10.9 Å². The zero-order valence-electron chi connectivity index (χ0n) is 9.09. The van der Waals surface area contributed by atoms with Crippen LogP contribution in [-0.4, -0.2) is 9.55 Å². The number of rotatable bonds is 1. The van der Waals surface area contributed by atoms with Gasteiger partial charge in [-0.15, -0.1) is 0 Å². The number of benzene rings is 1. The summed E-state index contributed by atoms with van der Waals surface area (Å²) in [5.41, 5.74) is 3.70. The van der Waals surface area contributed by atoms with Crippen LogP contribution in [0.1, 0.15) is 0 Å². The molecule has 1 aromatic carbocycles. The van der Waals surface area contributed by atoms with E-state index in [9.17, 15) is 0 Å². The van der Waals surface area contributed by atoms with E-state index in [1.807, 2.05) is 24.5 Å². The molecule has 0 saturated carbocycles. The van der Waals surface area contributed by atoms with Gasteiger partial charge in [-0.25, -0.2) is 0 Å². The summed E-state index contributed by atoms with van der Waals surface area (Å²) < 4.78 is 2.14. The summed E-state index contributed by atoms with van der Waals surface area (Å²) in [5, 5.41) is 1.28. The van der Waals surface area contributed by atoms with Crippen molar-refractivity contribution in [3.05, 3.63) is 55.0 Å². The van der Waals surface area contributed by atoms with Gasteiger partial charge in [0.25, 0.3) is 0 Å². The molecule has 2 nitrogen and oxygen atoms in total. The molecule has 0 bridgehead atoms. The Morgan fingerprint density at radius 3 is 2.56 bits per heavy atom. The maximum Gasteiger partial charge on any atom is 0.0483 e. The van der Waals surface area contributed by atoms with Gasteiger partial charge < -0.3 is 4.57 Å². The summed E-state index contributed by atoms with van der Waals surface area (Å²) in [4.78, 5) is 4.04. The van der Waals surface area contributed by atoms with Crippen molar-refractivity contribution in [1.29, 1.82) is 0 Å². The molecule has 3 aromatic rings. The van der Waals surface area contributed by atoms with Gasteiger partial charge in [0.1, 0.15) is 0 Å². The van der Waals surface area contributed by atoms with Crippen LogP contribution in [0.3, 0.4) is 0 Å². The monoisotopic (exact) mass is 208 g/mol. The fraction of sp³-hybridized carbons (Fsp3) is 0.0714. The average Bonchev–Trinajstić information content (AvgIpc) is 2.72. The quantitative estimate of drug-likeness (QED) is 0.600. The van der Waals surface area contributed by atoms with E-state index in [1.54, 1.807) is 0 Å². The van der Waals surface area contributed by atoms with Crippen molar-refractivity contribution < 1.29 is 0 Å². The lowest BCUT2D eigenvalue weighted by Gasteiger charge is -2.02. The Balaban J connectivity index is 2.22. The predicted molar refractivity (Wildman–Crippen MR) is 66.2 cm³/mol. The topological polar surface area (TPSA) is 17.8 Å². The van der Waals surface area contributed by atoms with Crippen LogP contribution < -0.4 is 0 Å². The van der Waals surface area contributed by atoms with Crippen molar-refractivity contribution in [2.45, 2.75) is 0 Å². The van der Waals surface area contributed by atoms with Crippen LogP contribution in [0.2, 0.25) is 0 Å². The maximum atomic E-state index is 4.04. The molecule has 2 aromatic heterocycles. The molecule has 3 rings (SSSR count). The highest BCUT2D eigenvalue weighted by atomic mass is 14.9. The van der Waals surface area contributed by atoms with E-state index >= 15 is 0 Å². The first-order valence-electron chi connectivity index (χ1n) is 5.30. The van der Waals surface area contributed by atoms with Crippen LogP contribution in [0.25, 0.3) is 22.0 Å². The van der Waals surface area contributed by atoms with E-state index < -0.39 is 0 Å². The van der Waals surface area contributed by atoms with Crippen molar-refractivity contribution in [1.82, 2.24) is 9.55 Å². The Bertz CT molecular complexity index is 624. The highest BCUT2D eigenvalue weighted by molar-refractivity contribution is 5.85. The molecule has 0 unspecified atom stereocenters. The molecule has 16 heavy (non-hydrogen) atoms. The van der Waals surface area contributed by atoms with Crippen molar-refractivity contribution in [3.8, 4) is 11.1 Å². The van der Waals surface area contributed by atoms with Gasteiger partial charge in [0.2, 0.25) is 0 Å². The van der Waals surface area contributed by atoms with Gasteiger partial charge in [0.05, 0.1) is 0 Å². The number of hydrogen-bond donors (Lipinski definition) is 0. The highest BCUT2D eigenvalue weighted by Gasteiger charge is 2.01. The van der Waals surface area contributed by atoms with Gasteiger partial charge in [-0.3, -0.25) is 4.98 Å². The van der Waals surface area contributed by atoms with Gasteiger partial charge in [-0.2, -0.15) is 0 Å². The summed E-state index contributed by atoms with van der Waals surface area (Å²) in [5.74, 6) is 0. The summed E-state index contributed by atoms with van der Waals surface area (Å²) in [6.45, 7) is 0. The average molecular weight is 208 g/mol. The molecule has 78 valence electrons. The third-order valence-electron chi connectivity index (χ3n) is 2.90. The predicted octanol–water partition coefficient (Wildman–Crippen LogP) is 3.24. The summed E-state index contributed by atoms with van der Waals surface area (Å²) in [7, 11) is 2.07. The second kappa shape index (κ2) is 3.49. The third-order valence-corrected chi connectivity index (χ3v) is 2.90. The van der Waals surface area contributed by atoms with Crippen LogP contribution in [0.4, 0.5) is 0 Å². The summed E-state index contributed by atoms with van der Waals surface area (Å²) in [6, 6.07) is 12.7. The SMILES string of the molecule is Cn1ccc2ccc(-c3ccncc3)cc21. The number of aryl methyl sites for hydroxylation is 1. The molecule has 0 atom stereocenters. The Morgan fingerprint density at radius 1 is 0.938 bits per heavy atom. The largest absolute Gasteiger partial charge is 0.351 e. The smallest absolute Gasteiger partial charge is 0.0483 e. The summed E-state index contributed by atoms with van der Waals surface area (Å²) in [6.07, 6.45) is 5.73. The number of fused-ring (bicyclic) bond motifs is 1. The minimum absolute atomic E-state index is 1.21. The Kier molecular flexibility index (Phi) is 2.00. The first kappa shape index (κ1) is 9.16. The molecule has 0 fully saturated rings. The molecule has 0 radical (unpaired) electrons. The molecular formula is C14H12N2. The van der Waals surface area contributed by atoms with Crippen LogP contribution in [0, 0.1) is 0 Å². The van der Waals surface area contributed by atoms with E-state index in [2.05, 4.69) is 47.1 Å². The second-order valence-corrected chi connectivity index (χ2v) is 3.94. The first-order chi connectivity index (χ1) is 7.84. The van der Waals surface area contributed by atoms with Gasteiger partial charge in [-0.1, -0.05) is 12.1 Å². The molecule has 0 saturated heterocycles. The minimum atomic E-state index is 1.21. The standard InChI is InChI=1S/C14H12N2/c1-16-9-6-12-2-3-13(10-14(12)16)11-4-7-15-8-5-11/h2-10H,1H3. The Labute approximate surface area is 94.2 Å². The lowest BCUT2D eigenvalue weighted by Crippen LogP contribution is -1.85. The summed E-state index contributed by atoms with van der Waals surface area (Å²) >= 11 is 0. The number of aromatic nitrogens is 2. The normalized spacial score (nSPS) is 10.8. The molecule has 0 amide bonds. The number of hydrogen-bond acceptors (Lipinski definition) is 1. The zero-order valence-corrected chi connectivity index (χ0v) is 9.09. The lowest BCUT2D eigenvalue weighted by atomic mass is 10.1. The van der Waals surface area contributed by atoms with Crippen molar-refractivity contribution in [3.63, 3.8) is 0 Å². The second-order valence-electron chi connectivity index (χ2n) is 3.94. The van der Waals surface area contributed by atoms with E-state index in [0.717, 1.165) is 0 Å². The van der Waals surface area contributed by atoms with E-state index in [4.69, 9.17) is 0 Å². The van der Waals surface area contributed by atoms with Crippen molar-refractivity contribution in [2.24, 2.45) is 7.05 Å². The molecule has 0 N–H and O–H groups in total. The number of pyridine rings is 1. The highest BCUT2D eigenvalue weighted by Crippen LogP contribution is 2.24. The van der Waals surface area contributed by atoms with Crippen LogP contribution >= 0.6 is 0 Å². The fourth-order valence-corrected chi connectivity index (χ4v) is 1.99. The van der Waals surface area contributed by atoms with Crippen LogP contribution in [-0.2, 0) is 7.05 Å². The minimum Gasteiger partial charge on any atom is -0.351 e. The lowest BCUT2D eigenvalue weighted by molar-refractivity contribution is 0.969. The first-order valence-corrected chi connectivity index (χ1v) is 5.30. The van der Waals surface area contributed by atoms with Gasteiger partial charge >= 0.3 is 0 Å². The molecule has 2 heterocycles. The van der Waals surface area contributed by atoms with E-state index in [0.29, 0.717) is 0 Å². The zero-order chi connectivity index (χ0) is 11.0.